The van der Waals surface area contributed by atoms with Crippen LogP contribution in [0.15, 0.2) is 67.0 Å². The molecule has 2 aromatic heterocycles. The van der Waals surface area contributed by atoms with Gasteiger partial charge in [0.05, 0.1) is 18.5 Å². The number of para-hydroxylation sites is 1. The van der Waals surface area contributed by atoms with Crippen molar-refractivity contribution in [1.29, 1.82) is 0 Å². The zero-order valence-corrected chi connectivity index (χ0v) is 22.6. The number of rotatable bonds is 8. The average molecular weight is 534 g/mol. The summed E-state index contributed by atoms with van der Waals surface area (Å²) in [6.45, 7) is 5.13. The van der Waals surface area contributed by atoms with Crippen LogP contribution in [0.2, 0.25) is 0 Å². The average Bonchev–Trinajstić information content (AvgIpc) is 3.61. The minimum Gasteiger partial charge on any atom is -0.383 e. The van der Waals surface area contributed by atoms with Gasteiger partial charge in [-0.15, -0.1) is 0 Å². The van der Waals surface area contributed by atoms with Crippen LogP contribution in [0.5, 0.6) is 0 Å². The molecule has 0 saturated carbocycles. The van der Waals surface area contributed by atoms with Gasteiger partial charge in [-0.05, 0) is 49.0 Å². The van der Waals surface area contributed by atoms with E-state index in [1.165, 1.54) is 12.1 Å². The van der Waals surface area contributed by atoms with Crippen molar-refractivity contribution in [2.24, 2.45) is 7.05 Å². The number of anilines is 1. The molecule has 0 amide bonds. The summed E-state index contributed by atoms with van der Waals surface area (Å²) in [7, 11) is 3.60. The van der Waals surface area contributed by atoms with E-state index in [1.807, 2.05) is 73.5 Å². The molecule has 1 aliphatic rings. The molecule has 2 N–H and O–H groups in total. The lowest BCUT2D eigenvalue weighted by Crippen LogP contribution is -2.42. The normalized spacial score (nSPS) is 17.6. The topological polar surface area (TPSA) is 72.2 Å². The van der Waals surface area contributed by atoms with Crippen molar-refractivity contribution in [3.63, 3.8) is 0 Å². The standard InChI is InChI=1S/C28H32FN7OS/c1-19-26(21-15-30-34(2)16-21)33-36(23-7-5-4-6-8-23)27(19)32-28(38)31-25-18-35(13-14-37-3)17-24(25)20-9-11-22(29)12-10-20/h4-12,15-16,24-25H,13-14,17-18H2,1-3H3,(H2,31,32,38)/t24-,25?/m0/s1. The van der Waals surface area contributed by atoms with Gasteiger partial charge in [-0.3, -0.25) is 9.58 Å². The van der Waals surface area contributed by atoms with Crippen LogP contribution in [-0.2, 0) is 11.8 Å². The maximum absolute atomic E-state index is 13.6. The molecule has 10 heteroatoms. The molecule has 0 radical (unpaired) electrons. The van der Waals surface area contributed by atoms with E-state index in [1.54, 1.807) is 11.8 Å². The summed E-state index contributed by atoms with van der Waals surface area (Å²) in [4.78, 5) is 2.35. The fourth-order valence-corrected chi connectivity index (χ4v) is 5.26. The lowest BCUT2D eigenvalue weighted by molar-refractivity contribution is 0.159. The number of aromatic nitrogens is 4. The van der Waals surface area contributed by atoms with Crippen molar-refractivity contribution in [2.45, 2.75) is 18.9 Å². The van der Waals surface area contributed by atoms with E-state index in [9.17, 15) is 4.39 Å². The Balaban J connectivity index is 1.41. The van der Waals surface area contributed by atoms with Crippen molar-refractivity contribution in [3.8, 4) is 16.9 Å². The second kappa shape index (κ2) is 11.4. The monoisotopic (exact) mass is 533 g/mol. The maximum Gasteiger partial charge on any atom is 0.172 e. The number of methoxy groups -OCH3 is 1. The molecule has 0 bridgehead atoms. The van der Waals surface area contributed by atoms with E-state index in [4.69, 9.17) is 22.1 Å². The van der Waals surface area contributed by atoms with E-state index >= 15 is 0 Å². The molecule has 1 saturated heterocycles. The van der Waals surface area contributed by atoms with Gasteiger partial charge in [0.1, 0.15) is 17.3 Å². The number of nitrogens with zero attached hydrogens (tertiary/aromatic N) is 5. The molecule has 1 aliphatic heterocycles. The highest BCUT2D eigenvalue weighted by Crippen LogP contribution is 2.31. The lowest BCUT2D eigenvalue weighted by Gasteiger charge is -2.23. The number of hydrogen-bond donors (Lipinski definition) is 2. The number of ether oxygens (including phenoxy) is 1. The third-order valence-electron chi connectivity index (χ3n) is 6.96. The Hall–Kier alpha value is -3.60. The summed E-state index contributed by atoms with van der Waals surface area (Å²) in [5.41, 5.74) is 4.74. The van der Waals surface area contributed by atoms with Crippen LogP contribution in [0, 0.1) is 12.7 Å². The van der Waals surface area contributed by atoms with E-state index < -0.39 is 0 Å². The molecule has 3 heterocycles. The fraction of sp³-hybridized carbons (Fsp3) is 0.321. The minimum absolute atomic E-state index is 0.0449. The summed E-state index contributed by atoms with van der Waals surface area (Å²) in [6, 6.07) is 16.8. The Bertz CT molecular complexity index is 1390. The second-order valence-corrected chi connectivity index (χ2v) is 10.00. The molecule has 198 valence electrons. The molecule has 38 heavy (non-hydrogen) atoms. The van der Waals surface area contributed by atoms with Crippen LogP contribution in [0.4, 0.5) is 10.2 Å². The molecule has 1 unspecified atom stereocenters. The lowest BCUT2D eigenvalue weighted by atomic mass is 9.94. The van der Waals surface area contributed by atoms with Gasteiger partial charge in [-0.1, -0.05) is 30.3 Å². The van der Waals surface area contributed by atoms with Crippen LogP contribution in [0.25, 0.3) is 16.9 Å². The van der Waals surface area contributed by atoms with E-state index in [2.05, 4.69) is 20.6 Å². The SMILES string of the molecule is COCCN1CC(NC(=S)Nc2c(C)c(-c3cnn(C)c3)nn2-c2ccccc2)[C@H](c2ccc(F)cc2)C1. The molecular formula is C28H32FN7OS. The van der Waals surface area contributed by atoms with Gasteiger partial charge in [0.25, 0.3) is 0 Å². The number of likely N-dealkylation sites (tertiary alicyclic amines) is 1. The zero-order valence-electron chi connectivity index (χ0n) is 21.8. The number of halogens is 1. The Morgan fingerprint density at radius 2 is 1.89 bits per heavy atom. The van der Waals surface area contributed by atoms with Gasteiger partial charge in [-0.2, -0.15) is 10.2 Å². The van der Waals surface area contributed by atoms with Gasteiger partial charge in [0.2, 0.25) is 0 Å². The Labute approximate surface area is 227 Å². The van der Waals surface area contributed by atoms with Gasteiger partial charge in [0, 0.05) is 63.1 Å². The summed E-state index contributed by atoms with van der Waals surface area (Å²) in [5, 5.41) is 16.7. The third-order valence-corrected chi connectivity index (χ3v) is 7.17. The van der Waals surface area contributed by atoms with E-state index in [0.29, 0.717) is 11.7 Å². The first-order valence-electron chi connectivity index (χ1n) is 12.6. The van der Waals surface area contributed by atoms with Crippen LogP contribution >= 0.6 is 12.2 Å². The van der Waals surface area contributed by atoms with Crippen molar-refractivity contribution < 1.29 is 9.13 Å². The van der Waals surface area contributed by atoms with Gasteiger partial charge >= 0.3 is 0 Å². The maximum atomic E-state index is 13.6. The zero-order chi connectivity index (χ0) is 26.6. The van der Waals surface area contributed by atoms with Crippen molar-refractivity contribution in [3.05, 3.63) is 83.9 Å². The first-order chi connectivity index (χ1) is 18.4. The first-order valence-corrected chi connectivity index (χ1v) is 13.0. The smallest absolute Gasteiger partial charge is 0.172 e. The highest BCUT2D eigenvalue weighted by Gasteiger charge is 2.34. The molecule has 0 spiro atoms. The largest absolute Gasteiger partial charge is 0.383 e. The Morgan fingerprint density at radius 3 is 2.58 bits per heavy atom. The molecular weight excluding hydrogens is 501 g/mol. The van der Waals surface area contributed by atoms with Gasteiger partial charge in [-0.25, -0.2) is 9.07 Å². The molecule has 2 aromatic carbocycles. The predicted octanol–water partition coefficient (Wildman–Crippen LogP) is 4.12. The van der Waals surface area contributed by atoms with Crippen LogP contribution < -0.4 is 10.6 Å². The molecule has 2 atom stereocenters. The number of thiocarbonyl (C=S) groups is 1. The quantitative estimate of drug-likeness (QED) is 0.330. The Kier molecular flexibility index (Phi) is 7.82. The Morgan fingerprint density at radius 1 is 1.13 bits per heavy atom. The molecule has 8 nitrogen and oxygen atoms in total. The van der Waals surface area contributed by atoms with Gasteiger partial charge < -0.3 is 15.4 Å². The summed E-state index contributed by atoms with van der Waals surface area (Å²) in [6.07, 6.45) is 3.76. The predicted molar refractivity (Wildman–Crippen MR) is 151 cm³/mol. The highest BCUT2D eigenvalue weighted by atomic mass is 32.1. The second-order valence-electron chi connectivity index (χ2n) is 9.59. The van der Waals surface area contributed by atoms with Crippen LogP contribution in [0.1, 0.15) is 17.0 Å². The molecule has 4 aromatic rings. The van der Waals surface area contributed by atoms with E-state index in [0.717, 1.165) is 53.5 Å². The minimum atomic E-state index is -0.237. The molecule has 0 aliphatic carbocycles. The van der Waals surface area contributed by atoms with Crippen LogP contribution in [0.3, 0.4) is 0 Å². The number of hydrogen-bond acceptors (Lipinski definition) is 5. The number of aryl methyl sites for hydroxylation is 1. The summed E-state index contributed by atoms with van der Waals surface area (Å²) in [5.74, 6) is 0.706. The fourth-order valence-electron chi connectivity index (χ4n) is 5.01. The van der Waals surface area contributed by atoms with Gasteiger partial charge in [0.15, 0.2) is 5.11 Å². The van der Waals surface area contributed by atoms with Crippen molar-refractivity contribution in [1.82, 2.24) is 29.8 Å². The molecule has 1 fully saturated rings. The van der Waals surface area contributed by atoms with E-state index in [-0.39, 0.29) is 17.8 Å². The number of nitrogens with one attached hydrogen (secondary N) is 2. The third kappa shape index (κ3) is 5.62. The van der Waals surface area contributed by atoms with Crippen molar-refractivity contribution >= 4 is 23.1 Å². The van der Waals surface area contributed by atoms with Crippen LogP contribution in [-0.4, -0.2) is 69.0 Å². The summed E-state index contributed by atoms with van der Waals surface area (Å²) >= 11 is 5.84. The summed E-state index contributed by atoms with van der Waals surface area (Å²) < 4.78 is 22.6. The highest BCUT2D eigenvalue weighted by molar-refractivity contribution is 7.80. The molecule has 5 rings (SSSR count). The first kappa shape index (κ1) is 26.0. The number of benzene rings is 2. The van der Waals surface area contributed by atoms with Crippen molar-refractivity contribution in [2.75, 3.05) is 38.7 Å².